The molecule has 1 aromatic heterocycles. The summed E-state index contributed by atoms with van der Waals surface area (Å²) in [4.78, 5) is 2.36. The van der Waals surface area contributed by atoms with E-state index in [1.807, 2.05) is 6.26 Å². The Bertz CT molecular complexity index is 677. The fourth-order valence-corrected chi connectivity index (χ4v) is 3.69. The molecule has 4 rings (SSSR count). The van der Waals surface area contributed by atoms with Gasteiger partial charge in [-0.2, -0.15) is 5.10 Å². The average molecular weight is 309 g/mol. The molecule has 0 radical (unpaired) electrons. The highest BCUT2D eigenvalue weighted by Crippen LogP contribution is 2.35. The molecule has 1 aliphatic heterocycles. The average Bonchev–Trinajstić information content (AvgIpc) is 3.06. The first-order valence-electron chi connectivity index (χ1n) is 8.56. The fourth-order valence-electron chi connectivity index (χ4n) is 3.69. The van der Waals surface area contributed by atoms with Crippen molar-refractivity contribution in [1.82, 2.24) is 14.7 Å². The summed E-state index contributed by atoms with van der Waals surface area (Å²) < 4.78 is 7.40. The van der Waals surface area contributed by atoms with Crippen molar-refractivity contribution in [2.24, 2.45) is 0 Å². The molecule has 1 aromatic carbocycles. The molecule has 4 heteroatoms. The molecule has 0 amide bonds. The zero-order valence-corrected chi connectivity index (χ0v) is 13.4. The fraction of sp³-hybridized carbons (Fsp3) is 0.421. The quantitative estimate of drug-likeness (QED) is 0.866. The molecule has 2 aliphatic rings. The van der Waals surface area contributed by atoms with Crippen LogP contribution in [0.3, 0.4) is 0 Å². The first-order chi connectivity index (χ1) is 11.4. The van der Waals surface area contributed by atoms with Gasteiger partial charge in [-0.3, -0.25) is 0 Å². The minimum Gasteiger partial charge on any atom is -0.498 e. The number of rotatable bonds is 4. The summed E-state index contributed by atoms with van der Waals surface area (Å²) >= 11 is 0. The van der Waals surface area contributed by atoms with Gasteiger partial charge in [0.1, 0.15) is 6.61 Å². The maximum atomic E-state index is 5.26. The van der Waals surface area contributed by atoms with Gasteiger partial charge in [-0.25, -0.2) is 4.68 Å². The Hall–Kier alpha value is -2.23. The van der Waals surface area contributed by atoms with Crippen LogP contribution in [0.15, 0.2) is 49.0 Å². The van der Waals surface area contributed by atoms with Crippen molar-refractivity contribution < 1.29 is 4.74 Å². The van der Waals surface area contributed by atoms with Crippen LogP contribution in [0.25, 0.3) is 5.69 Å². The van der Waals surface area contributed by atoms with E-state index in [4.69, 9.17) is 4.74 Å². The zero-order valence-electron chi connectivity index (χ0n) is 13.4. The van der Waals surface area contributed by atoms with Gasteiger partial charge in [-0.15, -0.1) is 0 Å². The van der Waals surface area contributed by atoms with E-state index in [-0.39, 0.29) is 0 Å². The largest absolute Gasteiger partial charge is 0.498 e. The van der Waals surface area contributed by atoms with E-state index < -0.39 is 0 Å². The number of ether oxygens (including phenoxy) is 1. The van der Waals surface area contributed by atoms with Crippen LogP contribution in [0, 0.1) is 0 Å². The maximum Gasteiger partial charge on any atom is 0.105 e. The second-order valence-corrected chi connectivity index (χ2v) is 6.36. The molecular formula is C19H23N3O. The Balaban J connectivity index is 1.51. The van der Waals surface area contributed by atoms with Crippen molar-refractivity contribution in [2.75, 3.05) is 19.7 Å². The highest BCUT2D eigenvalue weighted by atomic mass is 16.5. The first-order valence-corrected chi connectivity index (χ1v) is 8.56. The van der Waals surface area contributed by atoms with Crippen LogP contribution in [0.4, 0.5) is 0 Å². The van der Waals surface area contributed by atoms with Crippen molar-refractivity contribution in [1.29, 1.82) is 0 Å². The molecule has 120 valence electrons. The standard InChI is InChI=1S/C19H23N3O/c1-2-6-17(7-3-1)22-19-8-4-5-16(18(19)15-20-22)9-10-21-11-13-23-14-12-21/h1-3,6-7,11,13,15-16H,4-5,8-10,12,14H2. The third kappa shape index (κ3) is 2.98. The minimum atomic E-state index is 0.632. The number of hydrogen-bond donors (Lipinski definition) is 0. The van der Waals surface area contributed by atoms with Gasteiger partial charge in [0, 0.05) is 18.4 Å². The molecule has 23 heavy (non-hydrogen) atoms. The molecule has 0 bridgehead atoms. The molecule has 4 nitrogen and oxygen atoms in total. The Morgan fingerprint density at radius 2 is 2.13 bits per heavy atom. The van der Waals surface area contributed by atoms with Crippen LogP contribution in [-0.2, 0) is 11.2 Å². The zero-order chi connectivity index (χ0) is 15.5. The highest BCUT2D eigenvalue weighted by molar-refractivity contribution is 5.37. The summed E-state index contributed by atoms with van der Waals surface area (Å²) in [5.41, 5.74) is 4.04. The molecule has 0 spiro atoms. The van der Waals surface area contributed by atoms with E-state index in [0.29, 0.717) is 5.92 Å². The van der Waals surface area contributed by atoms with Crippen LogP contribution in [0.1, 0.15) is 36.4 Å². The van der Waals surface area contributed by atoms with Gasteiger partial charge in [-0.1, -0.05) is 18.2 Å². The van der Waals surface area contributed by atoms with Gasteiger partial charge in [0.15, 0.2) is 0 Å². The second kappa shape index (κ2) is 6.49. The Morgan fingerprint density at radius 1 is 1.22 bits per heavy atom. The predicted octanol–water partition coefficient (Wildman–Crippen LogP) is 3.49. The van der Waals surface area contributed by atoms with Crippen LogP contribution < -0.4 is 0 Å². The molecule has 0 N–H and O–H groups in total. The van der Waals surface area contributed by atoms with E-state index in [1.165, 1.54) is 36.2 Å². The van der Waals surface area contributed by atoms with Crippen molar-refractivity contribution in [3.63, 3.8) is 0 Å². The lowest BCUT2D eigenvalue weighted by atomic mass is 9.84. The summed E-state index contributed by atoms with van der Waals surface area (Å²) in [5, 5.41) is 4.68. The highest BCUT2D eigenvalue weighted by Gasteiger charge is 2.25. The molecular weight excluding hydrogens is 286 g/mol. The third-order valence-electron chi connectivity index (χ3n) is 4.94. The number of fused-ring (bicyclic) bond motifs is 1. The Morgan fingerprint density at radius 3 is 2.96 bits per heavy atom. The lowest BCUT2D eigenvalue weighted by molar-refractivity contribution is 0.170. The molecule has 1 atom stereocenters. The van der Waals surface area contributed by atoms with Crippen LogP contribution >= 0.6 is 0 Å². The number of aromatic nitrogens is 2. The molecule has 2 heterocycles. The lowest BCUT2D eigenvalue weighted by Crippen LogP contribution is -2.27. The van der Waals surface area contributed by atoms with E-state index in [2.05, 4.69) is 57.4 Å². The predicted molar refractivity (Wildman–Crippen MR) is 90.5 cm³/mol. The Labute approximate surface area is 137 Å². The van der Waals surface area contributed by atoms with E-state index in [1.54, 1.807) is 0 Å². The van der Waals surface area contributed by atoms with Crippen LogP contribution in [-0.4, -0.2) is 34.4 Å². The van der Waals surface area contributed by atoms with Crippen molar-refractivity contribution in [3.05, 3.63) is 60.2 Å². The Kier molecular flexibility index (Phi) is 4.05. The number of nitrogens with zero attached hydrogens (tertiary/aromatic N) is 3. The monoisotopic (exact) mass is 309 g/mol. The third-order valence-corrected chi connectivity index (χ3v) is 4.94. The lowest BCUT2D eigenvalue weighted by Gasteiger charge is -2.28. The number of hydrogen-bond acceptors (Lipinski definition) is 3. The van der Waals surface area contributed by atoms with Gasteiger partial charge in [0.2, 0.25) is 0 Å². The maximum absolute atomic E-state index is 5.26. The van der Waals surface area contributed by atoms with Gasteiger partial charge < -0.3 is 9.64 Å². The minimum absolute atomic E-state index is 0.632. The number of para-hydroxylation sites is 1. The van der Waals surface area contributed by atoms with Gasteiger partial charge in [-0.05, 0) is 49.3 Å². The first kappa shape index (κ1) is 14.4. The topological polar surface area (TPSA) is 30.3 Å². The molecule has 1 unspecified atom stereocenters. The van der Waals surface area contributed by atoms with Crippen LogP contribution in [0.5, 0.6) is 0 Å². The van der Waals surface area contributed by atoms with E-state index >= 15 is 0 Å². The van der Waals surface area contributed by atoms with Crippen LogP contribution in [0.2, 0.25) is 0 Å². The van der Waals surface area contributed by atoms with E-state index in [9.17, 15) is 0 Å². The van der Waals surface area contributed by atoms with Gasteiger partial charge in [0.25, 0.3) is 0 Å². The summed E-state index contributed by atoms with van der Waals surface area (Å²) in [6.45, 7) is 2.90. The van der Waals surface area contributed by atoms with Crippen molar-refractivity contribution >= 4 is 0 Å². The second-order valence-electron chi connectivity index (χ2n) is 6.36. The SMILES string of the molecule is C1=CN(CCC2CCCc3c2cnn3-c2ccccc2)CCO1. The molecule has 0 saturated carbocycles. The molecule has 0 saturated heterocycles. The summed E-state index contributed by atoms with van der Waals surface area (Å²) in [7, 11) is 0. The van der Waals surface area contributed by atoms with E-state index in [0.717, 1.165) is 26.1 Å². The normalized spacial score (nSPS) is 20.2. The van der Waals surface area contributed by atoms with Gasteiger partial charge >= 0.3 is 0 Å². The molecule has 1 aliphatic carbocycles. The summed E-state index contributed by atoms with van der Waals surface area (Å²) in [6, 6.07) is 10.5. The van der Waals surface area contributed by atoms with Gasteiger partial charge in [0.05, 0.1) is 24.7 Å². The number of benzene rings is 1. The smallest absolute Gasteiger partial charge is 0.105 e. The summed E-state index contributed by atoms with van der Waals surface area (Å²) in [5.74, 6) is 0.632. The molecule has 2 aromatic rings. The van der Waals surface area contributed by atoms with Crippen molar-refractivity contribution in [2.45, 2.75) is 31.6 Å². The summed E-state index contributed by atoms with van der Waals surface area (Å²) in [6.07, 6.45) is 10.8. The molecule has 0 fully saturated rings. The van der Waals surface area contributed by atoms with Crippen molar-refractivity contribution in [3.8, 4) is 5.69 Å².